The first-order valence-electron chi connectivity index (χ1n) is 5.83. The summed E-state index contributed by atoms with van der Waals surface area (Å²) in [7, 11) is 0. The van der Waals surface area contributed by atoms with Gasteiger partial charge < -0.3 is 4.42 Å². The molecule has 0 saturated heterocycles. The van der Waals surface area contributed by atoms with Gasteiger partial charge in [0.15, 0.2) is 0 Å². The van der Waals surface area contributed by atoms with Crippen molar-refractivity contribution >= 4 is 5.78 Å². The van der Waals surface area contributed by atoms with Gasteiger partial charge in [-0.2, -0.15) is 0 Å². The Labute approximate surface area is 91.7 Å². The second-order valence-corrected chi connectivity index (χ2v) is 3.97. The van der Waals surface area contributed by atoms with Gasteiger partial charge in [0, 0.05) is 5.92 Å². The second-order valence-electron chi connectivity index (χ2n) is 3.97. The summed E-state index contributed by atoms with van der Waals surface area (Å²) < 4.78 is 5.18. The molecule has 15 heavy (non-hydrogen) atoms. The van der Waals surface area contributed by atoms with Gasteiger partial charge in [0.1, 0.15) is 11.5 Å². The molecule has 84 valence electrons. The molecule has 0 spiro atoms. The Morgan fingerprint density at radius 2 is 2.27 bits per heavy atom. The molecule has 0 aliphatic rings. The molecule has 2 heteroatoms. The molecule has 0 radical (unpaired) electrons. The fraction of sp³-hybridized carbons (Fsp3) is 0.615. The Morgan fingerprint density at radius 1 is 1.47 bits per heavy atom. The lowest BCUT2D eigenvalue weighted by molar-refractivity contribution is -0.122. The van der Waals surface area contributed by atoms with Gasteiger partial charge in [-0.3, -0.25) is 4.79 Å². The topological polar surface area (TPSA) is 30.2 Å². The minimum absolute atomic E-state index is 0.218. The van der Waals surface area contributed by atoms with Crippen LogP contribution in [0.4, 0.5) is 0 Å². The summed E-state index contributed by atoms with van der Waals surface area (Å²) in [6.07, 6.45) is 6.34. The number of carbonyl (C=O) groups excluding carboxylic acids is 1. The van der Waals surface area contributed by atoms with E-state index in [0.717, 1.165) is 31.4 Å². The highest BCUT2D eigenvalue weighted by molar-refractivity contribution is 5.82. The molecule has 1 heterocycles. The van der Waals surface area contributed by atoms with Crippen molar-refractivity contribution in [2.24, 2.45) is 5.92 Å². The Balaban J connectivity index is 2.43. The molecule has 1 aromatic heterocycles. The lowest BCUT2D eigenvalue weighted by Crippen LogP contribution is -2.15. The van der Waals surface area contributed by atoms with Crippen molar-refractivity contribution in [2.45, 2.75) is 46.0 Å². The van der Waals surface area contributed by atoms with Gasteiger partial charge >= 0.3 is 0 Å². The Hall–Kier alpha value is -1.05. The van der Waals surface area contributed by atoms with Crippen LogP contribution >= 0.6 is 0 Å². The summed E-state index contributed by atoms with van der Waals surface area (Å²) in [6.45, 7) is 4.24. The standard InChI is InChI=1S/C13H20O2/c1-3-5-7-11(4-2)13(14)10-12-8-6-9-15-12/h6,8-9,11H,3-5,7,10H2,1-2H3. The summed E-state index contributed by atoms with van der Waals surface area (Å²) in [5.41, 5.74) is 0. The van der Waals surface area contributed by atoms with Crippen LogP contribution in [-0.4, -0.2) is 5.78 Å². The van der Waals surface area contributed by atoms with Crippen LogP contribution in [0.15, 0.2) is 22.8 Å². The molecular formula is C13H20O2. The van der Waals surface area contributed by atoms with E-state index in [4.69, 9.17) is 4.42 Å². The summed E-state index contributed by atoms with van der Waals surface area (Å²) in [5.74, 6) is 1.32. The zero-order chi connectivity index (χ0) is 11.1. The third kappa shape index (κ3) is 3.90. The van der Waals surface area contributed by atoms with E-state index in [1.165, 1.54) is 0 Å². The predicted molar refractivity (Wildman–Crippen MR) is 60.7 cm³/mol. The number of furan rings is 1. The van der Waals surface area contributed by atoms with E-state index in [2.05, 4.69) is 13.8 Å². The molecule has 2 nitrogen and oxygen atoms in total. The third-order valence-corrected chi connectivity index (χ3v) is 2.78. The van der Waals surface area contributed by atoms with Crippen LogP contribution in [-0.2, 0) is 11.2 Å². The summed E-state index contributed by atoms with van der Waals surface area (Å²) in [4.78, 5) is 11.9. The smallest absolute Gasteiger partial charge is 0.143 e. The number of hydrogen-bond donors (Lipinski definition) is 0. The SMILES string of the molecule is CCCCC(CC)C(=O)Cc1ccco1. The van der Waals surface area contributed by atoms with Crippen LogP contribution in [0.3, 0.4) is 0 Å². The zero-order valence-electron chi connectivity index (χ0n) is 9.66. The first-order valence-corrected chi connectivity index (χ1v) is 5.83. The molecule has 0 aliphatic heterocycles. The third-order valence-electron chi connectivity index (χ3n) is 2.78. The molecule has 0 amide bonds. The van der Waals surface area contributed by atoms with Crippen LogP contribution in [0.1, 0.15) is 45.3 Å². The summed E-state index contributed by atoms with van der Waals surface area (Å²) >= 11 is 0. The molecule has 0 saturated carbocycles. The van der Waals surface area contributed by atoms with Gasteiger partial charge in [-0.25, -0.2) is 0 Å². The van der Waals surface area contributed by atoms with Crippen LogP contribution in [0.25, 0.3) is 0 Å². The zero-order valence-corrected chi connectivity index (χ0v) is 9.66. The number of unbranched alkanes of at least 4 members (excludes halogenated alkanes) is 1. The fourth-order valence-electron chi connectivity index (χ4n) is 1.77. The highest BCUT2D eigenvalue weighted by Gasteiger charge is 2.16. The Bertz CT molecular complexity index is 275. The average Bonchev–Trinajstić information content (AvgIpc) is 2.71. The van der Waals surface area contributed by atoms with Crippen molar-refractivity contribution in [3.63, 3.8) is 0 Å². The number of carbonyl (C=O) groups is 1. The van der Waals surface area contributed by atoms with E-state index in [-0.39, 0.29) is 5.92 Å². The lowest BCUT2D eigenvalue weighted by atomic mass is 9.92. The highest BCUT2D eigenvalue weighted by atomic mass is 16.3. The number of hydrogen-bond acceptors (Lipinski definition) is 2. The van der Waals surface area contributed by atoms with Crippen molar-refractivity contribution in [1.82, 2.24) is 0 Å². The number of ketones is 1. The summed E-state index contributed by atoms with van der Waals surface area (Å²) in [5, 5.41) is 0. The largest absolute Gasteiger partial charge is 0.469 e. The second kappa shape index (κ2) is 6.44. The predicted octanol–water partition coefficient (Wildman–Crippen LogP) is 3.61. The maximum absolute atomic E-state index is 11.9. The monoisotopic (exact) mass is 208 g/mol. The van der Waals surface area contributed by atoms with E-state index < -0.39 is 0 Å². The van der Waals surface area contributed by atoms with Crippen molar-refractivity contribution in [1.29, 1.82) is 0 Å². The van der Waals surface area contributed by atoms with E-state index in [9.17, 15) is 4.79 Å². The Morgan fingerprint density at radius 3 is 2.80 bits per heavy atom. The van der Waals surface area contributed by atoms with Gasteiger partial charge in [-0.15, -0.1) is 0 Å². The molecule has 0 N–H and O–H groups in total. The Kier molecular flexibility index (Phi) is 5.16. The lowest BCUT2D eigenvalue weighted by Gasteiger charge is -2.11. The maximum Gasteiger partial charge on any atom is 0.143 e. The van der Waals surface area contributed by atoms with E-state index >= 15 is 0 Å². The van der Waals surface area contributed by atoms with Crippen molar-refractivity contribution in [3.8, 4) is 0 Å². The van der Waals surface area contributed by atoms with Crippen LogP contribution in [0.2, 0.25) is 0 Å². The molecule has 1 unspecified atom stereocenters. The molecular weight excluding hydrogens is 188 g/mol. The molecule has 1 atom stereocenters. The highest BCUT2D eigenvalue weighted by Crippen LogP contribution is 2.16. The maximum atomic E-state index is 11.9. The first-order chi connectivity index (χ1) is 7.27. The first kappa shape index (κ1) is 12.0. The van der Waals surface area contributed by atoms with Gasteiger partial charge in [0.05, 0.1) is 12.7 Å². The minimum atomic E-state index is 0.218. The van der Waals surface area contributed by atoms with E-state index in [1.54, 1.807) is 6.26 Å². The molecule has 0 fully saturated rings. The minimum Gasteiger partial charge on any atom is -0.469 e. The fourth-order valence-corrected chi connectivity index (χ4v) is 1.77. The van der Waals surface area contributed by atoms with Crippen molar-refractivity contribution in [2.75, 3.05) is 0 Å². The molecule has 0 aromatic carbocycles. The van der Waals surface area contributed by atoms with Gasteiger partial charge in [-0.1, -0.05) is 26.7 Å². The van der Waals surface area contributed by atoms with Crippen molar-refractivity contribution in [3.05, 3.63) is 24.2 Å². The van der Waals surface area contributed by atoms with Crippen LogP contribution in [0.5, 0.6) is 0 Å². The van der Waals surface area contributed by atoms with Gasteiger partial charge in [0.2, 0.25) is 0 Å². The van der Waals surface area contributed by atoms with Gasteiger partial charge in [-0.05, 0) is 25.0 Å². The van der Waals surface area contributed by atoms with Crippen molar-refractivity contribution < 1.29 is 9.21 Å². The van der Waals surface area contributed by atoms with E-state index in [1.807, 2.05) is 12.1 Å². The molecule has 0 aliphatic carbocycles. The quantitative estimate of drug-likeness (QED) is 0.685. The van der Waals surface area contributed by atoms with E-state index in [0.29, 0.717) is 12.2 Å². The molecule has 1 rings (SSSR count). The number of rotatable bonds is 7. The number of Topliss-reactive ketones (excluding diaryl/α,β-unsaturated/α-hetero) is 1. The molecule has 0 bridgehead atoms. The molecule has 1 aromatic rings. The van der Waals surface area contributed by atoms with Crippen LogP contribution in [0, 0.1) is 5.92 Å². The van der Waals surface area contributed by atoms with Gasteiger partial charge in [0.25, 0.3) is 0 Å². The average molecular weight is 208 g/mol. The normalized spacial score (nSPS) is 12.7. The van der Waals surface area contributed by atoms with Crippen LogP contribution < -0.4 is 0 Å². The summed E-state index contributed by atoms with van der Waals surface area (Å²) in [6, 6.07) is 3.69.